The van der Waals surface area contributed by atoms with Crippen molar-refractivity contribution in [2.75, 3.05) is 6.54 Å². The highest BCUT2D eigenvalue weighted by molar-refractivity contribution is 9.10. The molecule has 2 atom stereocenters. The van der Waals surface area contributed by atoms with Gasteiger partial charge in [-0.2, -0.15) is 0 Å². The van der Waals surface area contributed by atoms with Gasteiger partial charge in [0.2, 0.25) is 5.91 Å². The molecular weight excluding hydrogens is 347 g/mol. The van der Waals surface area contributed by atoms with Gasteiger partial charge < -0.3 is 10.6 Å². The van der Waals surface area contributed by atoms with Crippen LogP contribution in [-0.4, -0.2) is 24.5 Å². The third-order valence-corrected chi connectivity index (χ3v) is 3.95. The number of carbonyl (C=O) groups is 1. The number of piperidine rings is 1. The van der Waals surface area contributed by atoms with Crippen LogP contribution in [0.4, 0.5) is 4.39 Å². The number of rotatable bonds is 3. The second kappa shape index (κ2) is 7.96. The SMILES string of the molecule is CC1CC(NC(=O)Cc2ccc(F)c(Br)c2)CCN1.Cl. The maximum Gasteiger partial charge on any atom is 0.224 e. The lowest BCUT2D eigenvalue weighted by Crippen LogP contribution is -2.46. The van der Waals surface area contributed by atoms with E-state index in [4.69, 9.17) is 0 Å². The molecule has 1 aliphatic heterocycles. The number of nitrogens with one attached hydrogen (secondary N) is 2. The number of amides is 1. The molecule has 112 valence electrons. The van der Waals surface area contributed by atoms with Crippen LogP contribution in [0.5, 0.6) is 0 Å². The van der Waals surface area contributed by atoms with Gasteiger partial charge in [0.1, 0.15) is 5.82 Å². The van der Waals surface area contributed by atoms with Gasteiger partial charge in [-0.15, -0.1) is 12.4 Å². The lowest BCUT2D eigenvalue weighted by Gasteiger charge is -2.28. The molecule has 0 radical (unpaired) electrons. The minimum Gasteiger partial charge on any atom is -0.353 e. The predicted octanol–water partition coefficient (Wildman–Crippen LogP) is 2.81. The maximum atomic E-state index is 13.1. The van der Waals surface area contributed by atoms with Crippen molar-refractivity contribution in [3.63, 3.8) is 0 Å². The minimum atomic E-state index is -0.309. The predicted molar refractivity (Wildman–Crippen MR) is 83.7 cm³/mol. The maximum absolute atomic E-state index is 13.1. The van der Waals surface area contributed by atoms with Crippen LogP contribution in [0.15, 0.2) is 22.7 Å². The van der Waals surface area contributed by atoms with Crippen molar-refractivity contribution in [2.24, 2.45) is 0 Å². The first-order valence-corrected chi connectivity index (χ1v) is 7.30. The topological polar surface area (TPSA) is 41.1 Å². The number of hydrogen-bond acceptors (Lipinski definition) is 2. The Kier molecular flexibility index (Phi) is 6.92. The smallest absolute Gasteiger partial charge is 0.224 e. The van der Waals surface area contributed by atoms with Gasteiger partial charge in [0.15, 0.2) is 0 Å². The molecule has 2 unspecified atom stereocenters. The van der Waals surface area contributed by atoms with Gasteiger partial charge in [0, 0.05) is 12.1 Å². The highest BCUT2D eigenvalue weighted by Gasteiger charge is 2.19. The van der Waals surface area contributed by atoms with Crippen LogP contribution in [0, 0.1) is 5.82 Å². The van der Waals surface area contributed by atoms with Crippen LogP contribution < -0.4 is 10.6 Å². The zero-order valence-corrected chi connectivity index (χ0v) is 13.7. The number of halogens is 3. The summed E-state index contributed by atoms with van der Waals surface area (Å²) in [6.07, 6.45) is 2.21. The second-order valence-electron chi connectivity index (χ2n) is 5.07. The van der Waals surface area contributed by atoms with Crippen molar-refractivity contribution in [3.05, 3.63) is 34.1 Å². The quantitative estimate of drug-likeness (QED) is 0.865. The van der Waals surface area contributed by atoms with Gasteiger partial charge in [0.05, 0.1) is 10.9 Å². The van der Waals surface area contributed by atoms with Crippen LogP contribution in [-0.2, 0) is 11.2 Å². The van der Waals surface area contributed by atoms with E-state index in [1.54, 1.807) is 12.1 Å². The van der Waals surface area contributed by atoms with Crippen LogP contribution in [0.2, 0.25) is 0 Å². The summed E-state index contributed by atoms with van der Waals surface area (Å²) in [5, 5.41) is 6.39. The van der Waals surface area contributed by atoms with Gasteiger partial charge >= 0.3 is 0 Å². The Balaban J connectivity index is 0.00000200. The summed E-state index contributed by atoms with van der Waals surface area (Å²) in [6, 6.07) is 5.36. The van der Waals surface area contributed by atoms with Crippen LogP contribution in [0.3, 0.4) is 0 Å². The Hall–Kier alpha value is -0.650. The molecule has 0 bridgehead atoms. The zero-order valence-electron chi connectivity index (χ0n) is 11.3. The highest BCUT2D eigenvalue weighted by Crippen LogP contribution is 2.17. The third-order valence-electron chi connectivity index (χ3n) is 3.34. The summed E-state index contributed by atoms with van der Waals surface area (Å²) >= 11 is 3.13. The molecule has 1 amide bonds. The van der Waals surface area contributed by atoms with Crippen molar-refractivity contribution in [1.29, 1.82) is 0 Å². The standard InChI is InChI=1S/C14H18BrFN2O.ClH/c1-9-6-11(4-5-17-9)18-14(19)8-10-2-3-13(16)12(15)7-10;/h2-3,7,9,11,17H,4-6,8H2,1H3,(H,18,19);1H. The summed E-state index contributed by atoms with van der Waals surface area (Å²) in [7, 11) is 0. The van der Waals surface area contributed by atoms with E-state index in [2.05, 4.69) is 33.5 Å². The molecule has 1 heterocycles. The molecule has 1 aromatic carbocycles. The molecule has 1 aliphatic rings. The minimum absolute atomic E-state index is 0. The molecule has 2 N–H and O–H groups in total. The molecule has 0 aromatic heterocycles. The molecule has 6 heteroatoms. The first-order valence-electron chi connectivity index (χ1n) is 6.51. The molecule has 0 aliphatic carbocycles. The Morgan fingerprint density at radius 1 is 1.55 bits per heavy atom. The van der Waals surface area contributed by atoms with E-state index in [0.717, 1.165) is 24.9 Å². The fraction of sp³-hybridized carbons (Fsp3) is 0.500. The Bertz CT molecular complexity index is 472. The van der Waals surface area contributed by atoms with Crippen molar-refractivity contribution < 1.29 is 9.18 Å². The van der Waals surface area contributed by atoms with Crippen LogP contribution >= 0.6 is 28.3 Å². The van der Waals surface area contributed by atoms with E-state index in [9.17, 15) is 9.18 Å². The van der Waals surface area contributed by atoms with Crippen molar-refractivity contribution in [2.45, 2.75) is 38.3 Å². The van der Waals surface area contributed by atoms with Gasteiger partial charge in [0.25, 0.3) is 0 Å². The van der Waals surface area contributed by atoms with E-state index in [1.165, 1.54) is 6.07 Å². The van der Waals surface area contributed by atoms with E-state index < -0.39 is 0 Å². The normalized spacial score (nSPS) is 21.9. The summed E-state index contributed by atoms with van der Waals surface area (Å²) in [5.74, 6) is -0.311. The molecule has 0 saturated carbocycles. The molecular formula is C14H19BrClFN2O. The summed E-state index contributed by atoms with van der Waals surface area (Å²) in [5.41, 5.74) is 0.813. The van der Waals surface area contributed by atoms with E-state index in [0.29, 0.717) is 10.5 Å². The first-order chi connectivity index (χ1) is 9.04. The lowest BCUT2D eigenvalue weighted by molar-refractivity contribution is -0.121. The molecule has 0 spiro atoms. The average molecular weight is 366 g/mol. The second-order valence-corrected chi connectivity index (χ2v) is 5.92. The number of hydrogen-bond donors (Lipinski definition) is 2. The molecule has 1 fully saturated rings. The van der Waals surface area contributed by atoms with Crippen LogP contribution in [0.25, 0.3) is 0 Å². The largest absolute Gasteiger partial charge is 0.353 e. The number of carbonyl (C=O) groups excluding carboxylic acids is 1. The summed E-state index contributed by atoms with van der Waals surface area (Å²) < 4.78 is 13.5. The fourth-order valence-electron chi connectivity index (χ4n) is 2.38. The van der Waals surface area contributed by atoms with E-state index >= 15 is 0 Å². The average Bonchev–Trinajstić information content (AvgIpc) is 2.34. The van der Waals surface area contributed by atoms with Crippen molar-refractivity contribution >= 4 is 34.2 Å². The highest BCUT2D eigenvalue weighted by atomic mass is 79.9. The number of benzene rings is 1. The van der Waals surface area contributed by atoms with Gasteiger partial charge in [-0.3, -0.25) is 4.79 Å². The van der Waals surface area contributed by atoms with Crippen LogP contribution in [0.1, 0.15) is 25.3 Å². The first kappa shape index (κ1) is 17.4. The van der Waals surface area contributed by atoms with Crippen molar-refractivity contribution in [1.82, 2.24) is 10.6 Å². The van der Waals surface area contributed by atoms with Crippen molar-refractivity contribution in [3.8, 4) is 0 Å². The van der Waals surface area contributed by atoms with E-state index in [-0.39, 0.29) is 36.6 Å². The third kappa shape index (κ3) is 5.04. The molecule has 3 nitrogen and oxygen atoms in total. The lowest BCUT2D eigenvalue weighted by atomic mass is 10.0. The molecule has 1 aromatic rings. The summed E-state index contributed by atoms with van der Waals surface area (Å²) in [4.78, 5) is 11.9. The molecule has 1 saturated heterocycles. The Labute approximate surface area is 133 Å². The summed E-state index contributed by atoms with van der Waals surface area (Å²) in [6.45, 7) is 3.06. The van der Waals surface area contributed by atoms with Gasteiger partial charge in [-0.1, -0.05) is 6.07 Å². The Morgan fingerprint density at radius 3 is 2.95 bits per heavy atom. The van der Waals surface area contributed by atoms with Gasteiger partial charge in [-0.05, 0) is 59.9 Å². The molecule has 20 heavy (non-hydrogen) atoms. The molecule has 2 rings (SSSR count). The zero-order chi connectivity index (χ0) is 13.8. The van der Waals surface area contributed by atoms with E-state index in [1.807, 2.05) is 0 Å². The monoisotopic (exact) mass is 364 g/mol. The van der Waals surface area contributed by atoms with Gasteiger partial charge in [-0.25, -0.2) is 4.39 Å². The Morgan fingerprint density at radius 2 is 2.30 bits per heavy atom. The fourth-order valence-corrected chi connectivity index (χ4v) is 2.80.